The van der Waals surface area contributed by atoms with Gasteiger partial charge >= 0.3 is 6.09 Å². The third-order valence-corrected chi connectivity index (χ3v) is 7.09. The van der Waals surface area contributed by atoms with E-state index < -0.39 is 34.3 Å². The van der Waals surface area contributed by atoms with Crippen molar-refractivity contribution in [2.24, 2.45) is 5.73 Å². The first-order chi connectivity index (χ1) is 15.3. The maximum atomic E-state index is 13.2. The monoisotopic (exact) mass is 461 g/mol. The first kappa shape index (κ1) is 23.6. The molecular weight excluding hydrogens is 434 g/mol. The molecular formula is C22H27N3O6S. The Bertz CT molecular complexity index is 1040. The molecule has 0 bridgehead atoms. The molecule has 2 amide bonds. The summed E-state index contributed by atoms with van der Waals surface area (Å²) in [7, 11) is -2.47. The first-order valence-corrected chi connectivity index (χ1v) is 11.7. The molecule has 10 heteroatoms. The van der Waals surface area contributed by atoms with E-state index in [9.17, 15) is 18.0 Å². The summed E-state index contributed by atoms with van der Waals surface area (Å²) >= 11 is 0. The normalized spacial score (nSPS) is 17.8. The number of nitrogens with zero attached hydrogens (tertiary/aromatic N) is 1. The van der Waals surface area contributed by atoms with E-state index in [1.807, 2.05) is 30.3 Å². The van der Waals surface area contributed by atoms with Gasteiger partial charge in [-0.25, -0.2) is 13.2 Å². The van der Waals surface area contributed by atoms with E-state index in [1.54, 1.807) is 12.1 Å². The quantitative estimate of drug-likeness (QED) is 0.619. The lowest BCUT2D eigenvalue weighted by atomic mass is 10.1. The van der Waals surface area contributed by atoms with Gasteiger partial charge in [-0.15, -0.1) is 0 Å². The number of primary amides is 1. The second-order valence-electron chi connectivity index (χ2n) is 7.44. The van der Waals surface area contributed by atoms with Gasteiger partial charge in [-0.1, -0.05) is 36.4 Å². The molecule has 1 fully saturated rings. The molecule has 2 aromatic carbocycles. The van der Waals surface area contributed by atoms with Gasteiger partial charge in [-0.3, -0.25) is 4.79 Å². The third-order valence-electron chi connectivity index (χ3n) is 5.21. The van der Waals surface area contributed by atoms with Crippen molar-refractivity contribution < 1.29 is 27.5 Å². The van der Waals surface area contributed by atoms with Gasteiger partial charge in [0, 0.05) is 19.0 Å². The SMILES string of the molecule is COc1cccc(S(=O)(=O)N2CCCC[C@@H]2OC(=O)N[C@@H](Cc2ccccc2)C(N)=O)c1. The smallest absolute Gasteiger partial charge is 0.409 e. The van der Waals surface area contributed by atoms with E-state index in [4.69, 9.17) is 15.2 Å². The fourth-order valence-corrected chi connectivity index (χ4v) is 5.15. The van der Waals surface area contributed by atoms with E-state index in [-0.39, 0.29) is 17.9 Å². The van der Waals surface area contributed by atoms with Crippen molar-refractivity contribution in [1.82, 2.24) is 9.62 Å². The highest BCUT2D eigenvalue weighted by molar-refractivity contribution is 7.89. The molecule has 32 heavy (non-hydrogen) atoms. The summed E-state index contributed by atoms with van der Waals surface area (Å²) in [5, 5.41) is 2.47. The van der Waals surface area contributed by atoms with Crippen LogP contribution < -0.4 is 15.8 Å². The van der Waals surface area contributed by atoms with Crippen molar-refractivity contribution in [1.29, 1.82) is 0 Å². The number of piperidine rings is 1. The van der Waals surface area contributed by atoms with E-state index in [2.05, 4.69) is 5.32 Å². The van der Waals surface area contributed by atoms with Crippen LogP contribution in [0.2, 0.25) is 0 Å². The van der Waals surface area contributed by atoms with Crippen LogP contribution >= 0.6 is 0 Å². The summed E-state index contributed by atoms with van der Waals surface area (Å²) in [6.07, 6.45) is -0.0145. The van der Waals surface area contributed by atoms with Crippen molar-refractivity contribution in [3.63, 3.8) is 0 Å². The number of alkyl carbamates (subject to hydrolysis) is 1. The summed E-state index contributed by atoms with van der Waals surface area (Å²) in [5.74, 6) is -0.307. The number of hydrogen-bond acceptors (Lipinski definition) is 6. The van der Waals surface area contributed by atoms with E-state index in [0.717, 1.165) is 5.56 Å². The molecule has 1 heterocycles. The van der Waals surface area contributed by atoms with Crippen molar-refractivity contribution >= 4 is 22.0 Å². The second kappa shape index (κ2) is 10.5. The Hall–Kier alpha value is -3.11. The molecule has 1 aliphatic heterocycles. The molecule has 0 saturated carbocycles. The van der Waals surface area contributed by atoms with Gasteiger partial charge in [0.25, 0.3) is 0 Å². The van der Waals surface area contributed by atoms with Crippen molar-refractivity contribution in [2.75, 3.05) is 13.7 Å². The van der Waals surface area contributed by atoms with E-state index in [0.29, 0.717) is 25.0 Å². The van der Waals surface area contributed by atoms with Crippen molar-refractivity contribution in [3.05, 3.63) is 60.2 Å². The number of nitrogens with two attached hydrogens (primary N) is 1. The fourth-order valence-electron chi connectivity index (χ4n) is 3.54. The van der Waals surface area contributed by atoms with Gasteiger partial charge in [0.05, 0.1) is 12.0 Å². The van der Waals surface area contributed by atoms with Gasteiger partial charge in [-0.2, -0.15) is 4.31 Å². The van der Waals surface area contributed by atoms with Crippen LogP contribution in [0.25, 0.3) is 0 Å². The second-order valence-corrected chi connectivity index (χ2v) is 9.33. The van der Waals surface area contributed by atoms with Gasteiger partial charge in [-0.05, 0) is 37.0 Å². The molecule has 0 aliphatic carbocycles. The molecule has 0 unspecified atom stereocenters. The number of nitrogens with one attached hydrogen (secondary N) is 1. The van der Waals surface area contributed by atoms with Crippen LogP contribution in [0.4, 0.5) is 4.79 Å². The van der Waals surface area contributed by atoms with E-state index in [1.165, 1.54) is 23.5 Å². The van der Waals surface area contributed by atoms with Crippen LogP contribution in [0.3, 0.4) is 0 Å². The number of amides is 2. The van der Waals surface area contributed by atoms with Crippen molar-refractivity contribution in [3.8, 4) is 5.75 Å². The lowest BCUT2D eigenvalue weighted by Gasteiger charge is -2.34. The van der Waals surface area contributed by atoms with Crippen LogP contribution in [0.1, 0.15) is 24.8 Å². The topological polar surface area (TPSA) is 128 Å². The number of hydrogen-bond donors (Lipinski definition) is 2. The Morgan fingerprint density at radius 2 is 1.91 bits per heavy atom. The van der Waals surface area contributed by atoms with Crippen LogP contribution in [0, 0.1) is 0 Å². The fraction of sp³-hybridized carbons (Fsp3) is 0.364. The number of ether oxygens (including phenoxy) is 2. The molecule has 0 aromatic heterocycles. The lowest BCUT2D eigenvalue weighted by molar-refractivity contribution is -0.120. The molecule has 0 spiro atoms. The average Bonchev–Trinajstić information content (AvgIpc) is 2.79. The molecule has 1 saturated heterocycles. The highest BCUT2D eigenvalue weighted by atomic mass is 32.2. The van der Waals surface area contributed by atoms with E-state index >= 15 is 0 Å². The molecule has 3 rings (SSSR count). The molecule has 2 atom stereocenters. The zero-order chi connectivity index (χ0) is 23.1. The summed E-state index contributed by atoms with van der Waals surface area (Å²) in [6.45, 7) is 0.209. The predicted octanol–water partition coefficient (Wildman–Crippen LogP) is 2.02. The first-order valence-electron chi connectivity index (χ1n) is 10.3. The predicted molar refractivity (Wildman–Crippen MR) is 117 cm³/mol. The number of carbonyl (C=O) groups excluding carboxylic acids is 2. The van der Waals surface area contributed by atoms with Gasteiger partial charge in [0.1, 0.15) is 11.8 Å². The van der Waals surface area contributed by atoms with Gasteiger partial charge < -0.3 is 20.5 Å². The number of sulfonamides is 1. The van der Waals surface area contributed by atoms with Crippen LogP contribution in [0.5, 0.6) is 5.75 Å². The summed E-state index contributed by atoms with van der Waals surface area (Å²) in [6, 6.07) is 14.2. The standard InChI is InChI=1S/C22H27N3O6S/c1-30-17-10-7-11-18(15-17)32(28,29)25-13-6-5-12-20(25)31-22(27)24-19(21(23)26)14-16-8-3-2-4-9-16/h2-4,7-11,15,19-20H,5-6,12-14H2,1H3,(H2,23,26)(H,24,27)/t19-,20-/m0/s1. The highest BCUT2D eigenvalue weighted by Crippen LogP contribution is 2.28. The largest absolute Gasteiger partial charge is 0.497 e. The average molecular weight is 462 g/mol. The van der Waals surface area contributed by atoms with Crippen LogP contribution in [-0.4, -0.2) is 50.6 Å². The number of methoxy groups -OCH3 is 1. The molecule has 0 radical (unpaired) electrons. The molecule has 1 aliphatic rings. The minimum absolute atomic E-state index is 0.0480. The minimum Gasteiger partial charge on any atom is -0.497 e. The molecule has 9 nitrogen and oxygen atoms in total. The zero-order valence-electron chi connectivity index (χ0n) is 17.8. The van der Waals surface area contributed by atoms with Crippen molar-refractivity contribution in [2.45, 2.75) is 42.8 Å². The Morgan fingerprint density at radius 1 is 1.16 bits per heavy atom. The Kier molecular flexibility index (Phi) is 7.70. The number of rotatable bonds is 8. The Balaban J connectivity index is 1.72. The zero-order valence-corrected chi connectivity index (χ0v) is 18.6. The summed E-state index contributed by atoms with van der Waals surface area (Å²) < 4.78 is 38.1. The molecule has 2 aromatic rings. The van der Waals surface area contributed by atoms with Gasteiger partial charge in [0.2, 0.25) is 15.9 Å². The van der Waals surface area contributed by atoms with Gasteiger partial charge in [0.15, 0.2) is 6.23 Å². The minimum atomic E-state index is -3.93. The molecule has 172 valence electrons. The maximum absolute atomic E-state index is 13.2. The number of carbonyl (C=O) groups is 2. The van der Waals surface area contributed by atoms with Crippen LogP contribution in [-0.2, 0) is 26.0 Å². The molecule has 3 N–H and O–H groups in total. The lowest BCUT2D eigenvalue weighted by Crippen LogP contribution is -2.50. The Morgan fingerprint density at radius 3 is 2.59 bits per heavy atom. The maximum Gasteiger partial charge on any atom is 0.409 e. The summed E-state index contributed by atoms with van der Waals surface area (Å²) in [5.41, 5.74) is 6.25. The third kappa shape index (κ3) is 5.77. The number of benzene rings is 2. The van der Waals surface area contributed by atoms with Crippen LogP contribution in [0.15, 0.2) is 59.5 Å². The highest BCUT2D eigenvalue weighted by Gasteiger charge is 2.36. The summed E-state index contributed by atoms with van der Waals surface area (Å²) in [4.78, 5) is 24.4. The Labute approximate surface area is 187 Å².